The average molecular weight is 825 g/mol. The summed E-state index contributed by atoms with van der Waals surface area (Å²) in [7, 11) is 0. The molecule has 0 spiro atoms. The van der Waals surface area contributed by atoms with Crippen molar-refractivity contribution in [2.24, 2.45) is 22.1 Å². The molecule has 310 valence electrons. The molecule has 4 aromatic rings. The number of carbonyl (C=O) groups excluding carboxylic acids is 1. The number of ether oxygens (including phenoxy) is 1. The van der Waals surface area contributed by atoms with E-state index in [0.29, 0.717) is 30.8 Å². The monoisotopic (exact) mass is 824 g/mol. The van der Waals surface area contributed by atoms with Crippen LogP contribution in [0.3, 0.4) is 0 Å². The van der Waals surface area contributed by atoms with Gasteiger partial charge in [-0.2, -0.15) is 0 Å². The van der Waals surface area contributed by atoms with Crippen LogP contribution in [0.15, 0.2) is 69.9 Å². The van der Waals surface area contributed by atoms with Gasteiger partial charge in [-0.15, -0.1) is 35.5 Å². The predicted molar refractivity (Wildman–Crippen MR) is 238 cm³/mol. The summed E-state index contributed by atoms with van der Waals surface area (Å²) in [5, 5.41) is 12.4. The lowest BCUT2D eigenvalue weighted by Crippen LogP contribution is -2.43. The highest BCUT2D eigenvalue weighted by molar-refractivity contribution is 7.13. The molecule has 4 aliphatic heterocycles. The predicted octanol–water partition coefficient (Wildman–Crippen LogP) is 10.7. The van der Waals surface area contributed by atoms with Crippen molar-refractivity contribution in [3.63, 3.8) is 0 Å². The number of oxime groups is 2. The molecule has 1 N–H and O–H groups in total. The van der Waals surface area contributed by atoms with Crippen LogP contribution in [0.1, 0.15) is 104 Å². The normalized spacial score (nSPS) is 26.2. The lowest BCUT2D eigenvalue weighted by Gasteiger charge is -2.29. The lowest BCUT2D eigenvalue weighted by molar-refractivity contribution is -0.00756. The summed E-state index contributed by atoms with van der Waals surface area (Å²) in [6.45, 7) is 20.1. The van der Waals surface area contributed by atoms with Crippen molar-refractivity contribution in [2.45, 2.75) is 124 Å². The zero-order chi connectivity index (χ0) is 41.1. The van der Waals surface area contributed by atoms with Gasteiger partial charge in [-0.3, -0.25) is 4.90 Å². The second-order valence-corrected chi connectivity index (χ2v) is 18.9. The lowest BCUT2D eigenvalue weighted by atomic mass is 9.87. The molecule has 8 rings (SSSR count). The number of nitrogens with one attached hydrogen (secondary N) is 1. The van der Waals surface area contributed by atoms with Crippen molar-refractivity contribution in [1.29, 1.82) is 0 Å². The molecular weight excluding hydrogens is 765 g/mol. The third-order valence-corrected chi connectivity index (χ3v) is 13.0. The molecule has 0 aliphatic carbocycles. The number of amides is 1. The number of rotatable bonds is 6. The van der Waals surface area contributed by atoms with Gasteiger partial charge >= 0.3 is 6.09 Å². The van der Waals surface area contributed by atoms with E-state index in [9.17, 15) is 4.79 Å². The fraction of sp³-hybridized carbons (Fsp3) is 0.500. The highest BCUT2D eigenvalue weighted by atomic mass is 32.1. The number of terminal acetylenes is 1. The summed E-state index contributed by atoms with van der Waals surface area (Å²) in [5.41, 5.74) is 11.2. The van der Waals surface area contributed by atoms with E-state index in [1.165, 1.54) is 20.9 Å². The van der Waals surface area contributed by atoms with E-state index in [1.54, 1.807) is 22.7 Å². The molecule has 12 heteroatoms. The van der Waals surface area contributed by atoms with Crippen molar-refractivity contribution in [2.75, 3.05) is 13.1 Å². The van der Waals surface area contributed by atoms with E-state index in [4.69, 9.17) is 14.4 Å². The van der Waals surface area contributed by atoms with Gasteiger partial charge in [0.15, 0.2) is 11.2 Å². The summed E-state index contributed by atoms with van der Waals surface area (Å²) in [6.07, 6.45) is 11.3. The zero-order valence-corrected chi connectivity index (χ0v) is 36.3. The van der Waals surface area contributed by atoms with E-state index in [2.05, 4.69) is 122 Å². The number of aryl methyl sites for hydroxylation is 2. The van der Waals surface area contributed by atoms with Crippen molar-refractivity contribution >= 4 is 40.2 Å². The molecule has 1 amide bonds. The quantitative estimate of drug-likeness (QED) is 0.193. The maximum absolute atomic E-state index is 12.8. The molecular formula is C46H60N6O4S2. The molecule has 6 heterocycles. The van der Waals surface area contributed by atoms with Gasteiger partial charge in [-0.05, 0) is 102 Å². The molecule has 6 atom stereocenters. The molecule has 2 fully saturated rings. The smallest absolute Gasteiger partial charge is 0.410 e. The van der Waals surface area contributed by atoms with Gasteiger partial charge in [0.1, 0.15) is 5.60 Å². The van der Waals surface area contributed by atoms with E-state index < -0.39 is 11.2 Å². The topological polar surface area (TPSA) is 111 Å². The largest absolute Gasteiger partial charge is 0.444 e. The standard InChI is InChI=1S/C24H31N3O3S.C19H23N3OS.C2H2.CH4/c1-15-11-20(27(13-15)22(28)29-23(3,4)5)19-12-24(6,30-26-19)18-9-7-17(8-10-18)21-16(2)25-14-31-21;1-12-8-16(20-10-12)17-9-19(3,23-22-17)15-6-4-14(5-7-15)18-13(2)21-11-24-18;1-2;/h7-10,14-15,20H,11-13H2,1-6H3;4-7,11-12,16,20H,8-10H2,1-3H3;1-2H;1H4/t15-,20+,24?;12-,16+,19?;;/m11../s1. The summed E-state index contributed by atoms with van der Waals surface area (Å²) in [4.78, 5) is 37.6. The van der Waals surface area contributed by atoms with Crippen molar-refractivity contribution < 1.29 is 19.2 Å². The van der Waals surface area contributed by atoms with Gasteiger partial charge in [0, 0.05) is 25.4 Å². The number of hydrogen-bond acceptors (Lipinski definition) is 11. The van der Waals surface area contributed by atoms with E-state index in [1.807, 2.05) is 43.6 Å². The Balaban J connectivity index is 0.000000214. The highest BCUT2D eigenvalue weighted by Crippen LogP contribution is 2.41. The van der Waals surface area contributed by atoms with Crippen molar-refractivity contribution in [1.82, 2.24) is 20.2 Å². The molecule has 2 unspecified atom stereocenters. The summed E-state index contributed by atoms with van der Waals surface area (Å²) in [6, 6.07) is 17.4. The van der Waals surface area contributed by atoms with Crippen LogP contribution in [0.4, 0.5) is 4.79 Å². The number of thiazole rings is 2. The fourth-order valence-electron chi connectivity index (χ4n) is 7.97. The first kappa shape index (κ1) is 44.5. The number of hydrogen-bond donors (Lipinski definition) is 1. The van der Waals surface area contributed by atoms with Crippen LogP contribution in [-0.4, -0.2) is 63.2 Å². The van der Waals surface area contributed by atoms with E-state index >= 15 is 0 Å². The number of aromatic nitrogens is 2. The second-order valence-electron chi connectivity index (χ2n) is 17.1. The van der Waals surface area contributed by atoms with Crippen LogP contribution >= 0.6 is 22.7 Å². The van der Waals surface area contributed by atoms with Gasteiger partial charge in [-0.25, -0.2) is 14.8 Å². The Kier molecular flexibility index (Phi) is 13.9. The third-order valence-electron chi connectivity index (χ3n) is 11.0. The van der Waals surface area contributed by atoms with Gasteiger partial charge in [-0.1, -0.05) is 80.1 Å². The minimum absolute atomic E-state index is 0. The van der Waals surface area contributed by atoms with E-state index in [-0.39, 0.29) is 25.2 Å². The minimum Gasteiger partial charge on any atom is -0.444 e. The summed E-state index contributed by atoms with van der Waals surface area (Å²) >= 11 is 3.33. The maximum atomic E-state index is 12.8. The minimum atomic E-state index is -0.540. The van der Waals surface area contributed by atoms with E-state index in [0.717, 1.165) is 59.7 Å². The Hall–Kier alpha value is -4.57. The molecule has 2 aromatic heterocycles. The van der Waals surface area contributed by atoms with Crippen LogP contribution in [-0.2, 0) is 25.6 Å². The number of nitrogens with zero attached hydrogens (tertiary/aromatic N) is 5. The zero-order valence-electron chi connectivity index (χ0n) is 34.7. The van der Waals surface area contributed by atoms with Crippen LogP contribution in [0, 0.1) is 38.5 Å². The number of carbonyl (C=O) groups is 1. The van der Waals surface area contributed by atoms with Crippen molar-refractivity contribution in [3.8, 4) is 33.7 Å². The molecule has 2 aromatic carbocycles. The Morgan fingerprint density at radius 3 is 1.72 bits per heavy atom. The first-order valence-corrected chi connectivity index (χ1v) is 21.4. The molecule has 2 saturated heterocycles. The molecule has 0 saturated carbocycles. The Morgan fingerprint density at radius 1 is 0.810 bits per heavy atom. The summed E-state index contributed by atoms with van der Waals surface area (Å²) in [5.74, 6) is 1.11. The van der Waals surface area contributed by atoms with Crippen LogP contribution < -0.4 is 5.32 Å². The molecule has 58 heavy (non-hydrogen) atoms. The number of benzene rings is 2. The molecule has 0 bridgehead atoms. The van der Waals surface area contributed by atoms with Crippen LogP contribution in [0.25, 0.3) is 20.9 Å². The molecule has 10 nitrogen and oxygen atoms in total. The SMILES string of the molecule is C.C#C.Cc1ncsc1-c1ccc(C2(C)CC([C@@H]3C[C@@H](C)CN3)=NO2)cc1.Cc1ncsc1-c1ccc(C2(C)CC([C@@H]3C[C@@H](C)CN3C(=O)OC(C)(C)C)=NO2)cc1. The Morgan fingerprint density at radius 2 is 1.29 bits per heavy atom. The van der Waals surface area contributed by atoms with Crippen LogP contribution in [0.5, 0.6) is 0 Å². The number of likely N-dealkylation sites (tertiary alicyclic amines) is 1. The third kappa shape index (κ3) is 9.82. The van der Waals surface area contributed by atoms with Crippen molar-refractivity contribution in [3.05, 3.63) is 82.1 Å². The fourth-order valence-corrected chi connectivity index (χ4v) is 9.59. The molecule has 0 radical (unpaired) electrons. The highest BCUT2D eigenvalue weighted by Gasteiger charge is 2.45. The second kappa shape index (κ2) is 18.1. The van der Waals surface area contributed by atoms with Gasteiger partial charge < -0.3 is 19.7 Å². The average Bonchev–Trinajstić information content (AvgIpc) is 4.05. The molecule has 4 aliphatic rings. The summed E-state index contributed by atoms with van der Waals surface area (Å²) < 4.78 is 5.64. The maximum Gasteiger partial charge on any atom is 0.410 e. The Labute approximate surface area is 353 Å². The Bertz CT molecular complexity index is 2100. The van der Waals surface area contributed by atoms with Gasteiger partial charge in [0.25, 0.3) is 0 Å². The first-order chi connectivity index (χ1) is 27.1. The van der Waals surface area contributed by atoms with Crippen LogP contribution in [0.2, 0.25) is 0 Å². The van der Waals surface area contributed by atoms with Gasteiger partial charge in [0.2, 0.25) is 0 Å². The van der Waals surface area contributed by atoms with Gasteiger partial charge in [0.05, 0.1) is 49.6 Å². The first-order valence-electron chi connectivity index (χ1n) is 19.7.